The first-order valence-corrected chi connectivity index (χ1v) is 5.74. The van der Waals surface area contributed by atoms with Crippen LogP contribution in [0.3, 0.4) is 0 Å². The summed E-state index contributed by atoms with van der Waals surface area (Å²) in [5.41, 5.74) is 9.45. The fourth-order valence-corrected chi connectivity index (χ4v) is 1.99. The molecule has 0 amide bonds. The normalized spacial score (nSPS) is 13.8. The average Bonchev–Trinajstić information content (AvgIpc) is 2.57. The second kappa shape index (κ2) is 4.47. The zero-order valence-corrected chi connectivity index (χ0v) is 9.29. The molecule has 0 saturated heterocycles. The van der Waals surface area contributed by atoms with Crippen LogP contribution in [0.2, 0.25) is 0 Å². The first-order chi connectivity index (χ1) is 7.29. The van der Waals surface area contributed by atoms with Gasteiger partial charge in [0.05, 0.1) is 5.69 Å². The van der Waals surface area contributed by atoms with Crippen molar-refractivity contribution in [3.63, 3.8) is 0 Å². The monoisotopic (exact) mass is 202 g/mol. The molecule has 1 aromatic rings. The molecule has 2 N–H and O–H groups in total. The molecule has 0 aromatic heterocycles. The quantitative estimate of drug-likeness (QED) is 0.749. The summed E-state index contributed by atoms with van der Waals surface area (Å²) in [5, 5.41) is 0. The standard InChI is InChI=1S/C13H18N2/c1-2-3-4-5-10-6-7-11-9-13(14)15-12(11)8-10/h6-8H,2-5,9H2,1H3,(H2,14,15). The van der Waals surface area contributed by atoms with E-state index in [2.05, 4.69) is 30.1 Å². The number of benzene rings is 1. The predicted octanol–water partition coefficient (Wildman–Crippen LogP) is 2.96. The fraction of sp³-hybridized carbons (Fsp3) is 0.462. The van der Waals surface area contributed by atoms with Crippen molar-refractivity contribution in [3.05, 3.63) is 29.3 Å². The number of unbranched alkanes of at least 4 members (excludes halogenated alkanes) is 2. The summed E-state index contributed by atoms with van der Waals surface area (Å²) in [6.45, 7) is 2.23. The van der Waals surface area contributed by atoms with Crippen LogP contribution in [0.4, 0.5) is 5.69 Å². The van der Waals surface area contributed by atoms with Gasteiger partial charge in [-0.25, -0.2) is 4.99 Å². The summed E-state index contributed by atoms with van der Waals surface area (Å²) in [7, 11) is 0. The molecule has 2 heteroatoms. The van der Waals surface area contributed by atoms with Crippen molar-refractivity contribution < 1.29 is 0 Å². The number of hydrogen-bond donors (Lipinski definition) is 1. The summed E-state index contributed by atoms with van der Waals surface area (Å²) in [4.78, 5) is 4.34. The van der Waals surface area contributed by atoms with Crippen molar-refractivity contribution in [1.29, 1.82) is 0 Å². The molecule has 80 valence electrons. The first-order valence-electron chi connectivity index (χ1n) is 5.74. The molecule has 2 nitrogen and oxygen atoms in total. The first kappa shape index (κ1) is 10.2. The number of fused-ring (bicyclic) bond motifs is 1. The van der Waals surface area contributed by atoms with Gasteiger partial charge in [-0.15, -0.1) is 0 Å². The van der Waals surface area contributed by atoms with Crippen molar-refractivity contribution >= 4 is 11.5 Å². The Bertz CT molecular complexity index is 380. The van der Waals surface area contributed by atoms with Crippen LogP contribution in [-0.2, 0) is 12.8 Å². The molecule has 0 saturated carbocycles. The Hall–Kier alpha value is -1.31. The third-order valence-electron chi connectivity index (χ3n) is 2.85. The number of amidine groups is 1. The van der Waals surface area contributed by atoms with Crippen LogP contribution in [0.5, 0.6) is 0 Å². The topological polar surface area (TPSA) is 38.4 Å². The van der Waals surface area contributed by atoms with E-state index in [0.29, 0.717) is 0 Å². The fourth-order valence-electron chi connectivity index (χ4n) is 1.99. The average molecular weight is 202 g/mol. The molecule has 0 radical (unpaired) electrons. The Morgan fingerprint density at radius 2 is 2.20 bits per heavy atom. The van der Waals surface area contributed by atoms with Gasteiger partial charge in [0.2, 0.25) is 0 Å². The van der Waals surface area contributed by atoms with E-state index in [0.717, 1.165) is 24.4 Å². The largest absolute Gasteiger partial charge is 0.387 e. The van der Waals surface area contributed by atoms with Crippen LogP contribution in [0.15, 0.2) is 23.2 Å². The summed E-state index contributed by atoms with van der Waals surface area (Å²) in [5.74, 6) is 0.746. The van der Waals surface area contributed by atoms with Gasteiger partial charge in [-0.1, -0.05) is 31.9 Å². The third kappa shape index (κ3) is 2.38. The zero-order chi connectivity index (χ0) is 10.7. The van der Waals surface area contributed by atoms with Gasteiger partial charge < -0.3 is 5.73 Å². The van der Waals surface area contributed by atoms with Gasteiger partial charge >= 0.3 is 0 Å². The van der Waals surface area contributed by atoms with Crippen molar-refractivity contribution in [1.82, 2.24) is 0 Å². The second-order valence-corrected chi connectivity index (χ2v) is 4.20. The minimum Gasteiger partial charge on any atom is -0.387 e. The van der Waals surface area contributed by atoms with E-state index in [4.69, 9.17) is 5.73 Å². The second-order valence-electron chi connectivity index (χ2n) is 4.20. The number of hydrogen-bond acceptors (Lipinski definition) is 2. The highest BCUT2D eigenvalue weighted by Gasteiger charge is 2.11. The lowest BCUT2D eigenvalue weighted by molar-refractivity contribution is 0.717. The van der Waals surface area contributed by atoms with E-state index in [-0.39, 0.29) is 0 Å². The van der Waals surface area contributed by atoms with Crippen molar-refractivity contribution in [2.75, 3.05) is 0 Å². The summed E-state index contributed by atoms with van der Waals surface area (Å²) in [6.07, 6.45) is 5.84. The molecule has 15 heavy (non-hydrogen) atoms. The van der Waals surface area contributed by atoms with Crippen LogP contribution in [0.25, 0.3) is 0 Å². The van der Waals surface area contributed by atoms with Crippen LogP contribution in [-0.4, -0.2) is 5.84 Å². The van der Waals surface area contributed by atoms with Crippen LogP contribution in [0.1, 0.15) is 37.3 Å². The lowest BCUT2D eigenvalue weighted by Gasteiger charge is -2.02. The van der Waals surface area contributed by atoms with Crippen LogP contribution >= 0.6 is 0 Å². The zero-order valence-electron chi connectivity index (χ0n) is 9.29. The summed E-state index contributed by atoms with van der Waals surface area (Å²) < 4.78 is 0. The van der Waals surface area contributed by atoms with Gasteiger partial charge in [0.15, 0.2) is 0 Å². The van der Waals surface area contributed by atoms with Crippen LogP contribution < -0.4 is 5.73 Å². The molecule has 1 aliphatic rings. The molecule has 0 unspecified atom stereocenters. The molecule has 2 rings (SSSR count). The highest BCUT2D eigenvalue weighted by molar-refractivity contribution is 5.90. The van der Waals surface area contributed by atoms with E-state index in [1.165, 1.54) is 30.4 Å². The number of aliphatic imine (C=N–C) groups is 1. The van der Waals surface area contributed by atoms with E-state index in [1.807, 2.05) is 0 Å². The van der Waals surface area contributed by atoms with Gasteiger partial charge in [-0.2, -0.15) is 0 Å². The molecule has 0 spiro atoms. The van der Waals surface area contributed by atoms with E-state index >= 15 is 0 Å². The SMILES string of the molecule is CCCCCc1ccc2c(c1)N=C(N)C2. The van der Waals surface area contributed by atoms with Crippen molar-refractivity contribution in [2.45, 2.75) is 39.0 Å². The van der Waals surface area contributed by atoms with Gasteiger partial charge in [0.1, 0.15) is 5.84 Å². The highest BCUT2D eigenvalue weighted by Crippen LogP contribution is 2.27. The van der Waals surface area contributed by atoms with Gasteiger partial charge in [0.25, 0.3) is 0 Å². The smallest absolute Gasteiger partial charge is 0.104 e. The van der Waals surface area contributed by atoms with Gasteiger partial charge in [0, 0.05) is 6.42 Å². The Morgan fingerprint density at radius 3 is 3.00 bits per heavy atom. The number of rotatable bonds is 4. The highest BCUT2D eigenvalue weighted by atomic mass is 14.9. The van der Waals surface area contributed by atoms with Crippen molar-refractivity contribution in [3.8, 4) is 0 Å². The Kier molecular flexibility index (Phi) is 3.05. The molecule has 0 atom stereocenters. The van der Waals surface area contributed by atoms with Gasteiger partial charge in [-0.3, -0.25) is 0 Å². The van der Waals surface area contributed by atoms with E-state index in [1.54, 1.807) is 0 Å². The molecule has 0 bridgehead atoms. The maximum absolute atomic E-state index is 5.71. The molecular weight excluding hydrogens is 184 g/mol. The lowest BCUT2D eigenvalue weighted by Crippen LogP contribution is -2.09. The molecule has 0 fully saturated rings. The predicted molar refractivity (Wildman–Crippen MR) is 64.7 cm³/mol. The molecule has 1 heterocycles. The number of aryl methyl sites for hydroxylation is 1. The molecular formula is C13H18N2. The summed E-state index contributed by atoms with van der Waals surface area (Å²) in [6, 6.07) is 6.56. The Morgan fingerprint density at radius 1 is 1.33 bits per heavy atom. The number of nitrogens with zero attached hydrogens (tertiary/aromatic N) is 1. The lowest BCUT2D eigenvalue weighted by atomic mass is 10.0. The minimum atomic E-state index is 0.746. The van der Waals surface area contributed by atoms with E-state index in [9.17, 15) is 0 Å². The van der Waals surface area contributed by atoms with Crippen molar-refractivity contribution in [2.24, 2.45) is 10.7 Å². The summed E-state index contributed by atoms with van der Waals surface area (Å²) >= 11 is 0. The molecule has 1 aliphatic heterocycles. The minimum absolute atomic E-state index is 0.746. The Balaban J connectivity index is 2.05. The molecule has 0 aliphatic carbocycles. The third-order valence-corrected chi connectivity index (χ3v) is 2.85. The van der Waals surface area contributed by atoms with Gasteiger partial charge in [-0.05, 0) is 30.0 Å². The number of nitrogens with two attached hydrogens (primary N) is 1. The maximum Gasteiger partial charge on any atom is 0.104 e. The molecule has 1 aromatic carbocycles. The van der Waals surface area contributed by atoms with Crippen LogP contribution in [0, 0.1) is 0 Å². The van der Waals surface area contributed by atoms with E-state index < -0.39 is 0 Å². The maximum atomic E-state index is 5.71. The Labute approximate surface area is 91.2 Å².